The van der Waals surface area contributed by atoms with E-state index in [0.29, 0.717) is 24.5 Å². The van der Waals surface area contributed by atoms with Crippen molar-refractivity contribution in [1.29, 1.82) is 0 Å². The standard InChI is InChI=1S/C12H14N4O4S2/c1-22(18,19)10-4-14-15-11(10)9-5-20-3-2-16(9)12(17)8-6-21-7-13-8/h4,6-7,9H,2-3,5H2,1H3,(H,14,15)/t9-/m1/s1. The van der Waals surface area contributed by atoms with E-state index in [0.717, 1.165) is 6.26 Å². The number of aromatic amines is 1. The number of rotatable bonds is 3. The molecule has 1 aliphatic heterocycles. The van der Waals surface area contributed by atoms with E-state index in [9.17, 15) is 13.2 Å². The van der Waals surface area contributed by atoms with Gasteiger partial charge in [-0.15, -0.1) is 11.3 Å². The van der Waals surface area contributed by atoms with Crippen LogP contribution in [0.1, 0.15) is 22.2 Å². The highest BCUT2D eigenvalue weighted by Crippen LogP contribution is 2.29. The van der Waals surface area contributed by atoms with Crippen molar-refractivity contribution in [2.45, 2.75) is 10.9 Å². The highest BCUT2D eigenvalue weighted by molar-refractivity contribution is 7.90. The monoisotopic (exact) mass is 342 g/mol. The Bertz CT molecular complexity index is 769. The van der Waals surface area contributed by atoms with Crippen molar-refractivity contribution in [3.63, 3.8) is 0 Å². The second-order valence-corrected chi connectivity index (χ2v) is 7.59. The van der Waals surface area contributed by atoms with Gasteiger partial charge in [0.15, 0.2) is 9.84 Å². The molecule has 0 bridgehead atoms. The predicted molar refractivity (Wildman–Crippen MR) is 78.4 cm³/mol. The number of carbonyl (C=O) groups excluding carboxylic acids is 1. The number of ether oxygens (including phenoxy) is 1. The third-order valence-electron chi connectivity index (χ3n) is 3.41. The Kier molecular flexibility index (Phi) is 3.98. The van der Waals surface area contributed by atoms with Crippen LogP contribution in [0.25, 0.3) is 0 Å². The summed E-state index contributed by atoms with van der Waals surface area (Å²) in [4.78, 5) is 18.2. The van der Waals surface area contributed by atoms with E-state index in [1.54, 1.807) is 15.8 Å². The average molecular weight is 342 g/mol. The maximum atomic E-state index is 12.6. The van der Waals surface area contributed by atoms with Crippen molar-refractivity contribution >= 4 is 27.1 Å². The fraction of sp³-hybridized carbons (Fsp3) is 0.417. The fourth-order valence-corrected chi connectivity index (χ4v) is 3.72. The van der Waals surface area contributed by atoms with Crippen molar-refractivity contribution in [2.75, 3.05) is 26.0 Å². The Morgan fingerprint density at radius 3 is 3.05 bits per heavy atom. The van der Waals surface area contributed by atoms with Crippen LogP contribution in [0.2, 0.25) is 0 Å². The third-order valence-corrected chi connectivity index (χ3v) is 5.12. The molecule has 118 valence electrons. The number of H-pyrrole nitrogens is 1. The van der Waals surface area contributed by atoms with E-state index in [1.165, 1.54) is 17.5 Å². The van der Waals surface area contributed by atoms with E-state index in [4.69, 9.17) is 4.74 Å². The van der Waals surface area contributed by atoms with Gasteiger partial charge in [0.1, 0.15) is 10.6 Å². The van der Waals surface area contributed by atoms with E-state index in [1.807, 2.05) is 0 Å². The molecule has 1 saturated heterocycles. The van der Waals surface area contributed by atoms with Gasteiger partial charge in [-0.3, -0.25) is 9.89 Å². The molecule has 0 radical (unpaired) electrons. The molecule has 0 unspecified atom stereocenters. The van der Waals surface area contributed by atoms with Crippen LogP contribution < -0.4 is 0 Å². The lowest BCUT2D eigenvalue weighted by atomic mass is 10.1. The number of thiazole rings is 1. The summed E-state index contributed by atoms with van der Waals surface area (Å²) in [7, 11) is -3.44. The number of morpholine rings is 1. The first-order valence-electron chi connectivity index (χ1n) is 6.48. The Labute approximate surface area is 131 Å². The molecule has 1 fully saturated rings. The molecule has 8 nitrogen and oxygen atoms in total. The van der Waals surface area contributed by atoms with Gasteiger partial charge in [0, 0.05) is 18.2 Å². The first-order chi connectivity index (χ1) is 10.5. The molecule has 2 aromatic rings. The number of amides is 1. The van der Waals surface area contributed by atoms with Crippen LogP contribution in [-0.2, 0) is 14.6 Å². The summed E-state index contributed by atoms with van der Waals surface area (Å²) in [5.74, 6) is -0.247. The zero-order valence-corrected chi connectivity index (χ0v) is 13.4. The number of sulfone groups is 1. The molecule has 2 aromatic heterocycles. The number of nitrogens with one attached hydrogen (secondary N) is 1. The van der Waals surface area contributed by atoms with Crippen molar-refractivity contribution in [3.05, 3.63) is 28.5 Å². The van der Waals surface area contributed by atoms with E-state index < -0.39 is 15.9 Å². The van der Waals surface area contributed by atoms with Crippen LogP contribution in [0.5, 0.6) is 0 Å². The largest absolute Gasteiger partial charge is 0.377 e. The molecule has 1 N–H and O–H groups in total. The number of hydrogen-bond donors (Lipinski definition) is 1. The van der Waals surface area contributed by atoms with Gasteiger partial charge in [-0.25, -0.2) is 13.4 Å². The molecule has 1 aliphatic rings. The van der Waals surface area contributed by atoms with E-state index in [-0.39, 0.29) is 17.4 Å². The average Bonchev–Trinajstić information content (AvgIpc) is 3.17. The van der Waals surface area contributed by atoms with Crippen LogP contribution in [0, 0.1) is 0 Å². The number of carbonyl (C=O) groups is 1. The van der Waals surface area contributed by atoms with Gasteiger partial charge < -0.3 is 9.64 Å². The van der Waals surface area contributed by atoms with Crippen LogP contribution in [0.15, 0.2) is 22.0 Å². The molecule has 3 rings (SSSR count). The molecule has 10 heteroatoms. The summed E-state index contributed by atoms with van der Waals surface area (Å²) in [5.41, 5.74) is 2.30. The molecular formula is C12H14N4O4S2. The topological polar surface area (TPSA) is 105 Å². The Hall–Kier alpha value is -1.78. The molecule has 0 aromatic carbocycles. The summed E-state index contributed by atoms with van der Waals surface area (Å²) in [6.45, 7) is 0.971. The first kappa shape index (κ1) is 15.1. The van der Waals surface area contributed by atoms with Gasteiger partial charge in [0.05, 0.1) is 36.7 Å². The minimum absolute atomic E-state index is 0.0825. The summed E-state index contributed by atoms with van der Waals surface area (Å²) >= 11 is 1.33. The molecule has 1 amide bonds. The normalized spacial score (nSPS) is 19.3. The lowest BCUT2D eigenvalue weighted by Crippen LogP contribution is -2.44. The highest BCUT2D eigenvalue weighted by Gasteiger charge is 2.34. The third kappa shape index (κ3) is 2.76. The summed E-state index contributed by atoms with van der Waals surface area (Å²) < 4.78 is 29.1. The molecule has 1 atom stereocenters. The summed E-state index contributed by atoms with van der Waals surface area (Å²) in [6, 6.07) is -0.532. The molecular weight excluding hydrogens is 328 g/mol. The van der Waals surface area contributed by atoms with Crippen molar-refractivity contribution in [1.82, 2.24) is 20.1 Å². The minimum atomic E-state index is -3.44. The second-order valence-electron chi connectivity index (χ2n) is 4.88. The molecule has 22 heavy (non-hydrogen) atoms. The van der Waals surface area contributed by atoms with Gasteiger partial charge in [-0.1, -0.05) is 0 Å². The maximum Gasteiger partial charge on any atom is 0.274 e. The Morgan fingerprint density at radius 1 is 1.55 bits per heavy atom. The lowest BCUT2D eigenvalue weighted by Gasteiger charge is -2.34. The zero-order chi connectivity index (χ0) is 15.7. The van der Waals surface area contributed by atoms with Crippen LogP contribution in [0.4, 0.5) is 0 Å². The summed E-state index contributed by atoms with van der Waals surface area (Å²) in [5, 5.41) is 8.17. The van der Waals surface area contributed by atoms with Crippen molar-refractivity contribution < 1.29 is 17.9 Å². The fourth-order valence-electron chi connectivity index (χ4n) is 2.37. The first-order valence-corrected chi connectivity index (χ1v) is 9.32. The predicted octanol–water partition coefficient (Wildman–Crippen LogP) is 0.483. The number of aromatic nitrogens is 3. The van der Waals surface area contributed by atoms with E-state index >= 15 is 0 Å². The van der Waals surface area contributed by atoms with Gasteiger partial charge in [0.2, 0.25) is 0 Å². The Balaban J connectivity index is 1.97. The van der Waals surface area contributed by atoms with Crippen LogP contribution >= 0.6 is 11.3 Å². The van der Waals surface area contributed by atoms with Gasteiger partial charge in [0.25, 0.3) is 5.91 Å². The van der Waals surface area contributed by atoms with E-state index in [2.05, 4.69) is 15.2 Å². The molecule has 3 heterocycles. The van der Waals surface area contributed by atoms with Crippen LogP contribution in [0.3, 0.4) is 0 Å². The minimum Gasteiger partial charge on any atom is -0.377 e. The summed E-state index contributed by atoms with van der Waals surface area (Å²) in [6.07, 6.45) is 2.36. The maximum absolute atomic E-state index is 12.6. The number of hydrogen-bond acceptors (Lipinski definition) is 7. The van der Waals surface area contributed by atoms with Gasteiger partial charge >= 0.3 is 0 Å². The number of nitrogens with zero attached hydrogens (tertiary/aromatic N) is 3. The quantitative estimate of drug-likeness (QED) is 0.870. The van der Waals surface area contributed by atoms with Crippen LogP contribution in [-0.4, -0.2) is 60.4 Å². The molecule has 0 saturated carbocycles. The molecule has 0 spiro atoms. The zero-order valence-electron chi connectivity index (χ0n) is 11.7. The smallest absolute Gasteiger partial charge is 0.274 e. The Morgan fingerprint density at radius 2 is 2.36 bits per heavy atom. The van der Waals surface area contributed by atoms with Crippen molar-refractivity contribution in [3.8, 4) is 0 Å². The van der Waals surface area contributed by atoms with Crippen molar-refractivity contribution in [2.24, 2.45) is 0 Å². The highest BCUT2D eigenvalue weighted by atomic mass is 32.2. The second kappa shape index (κ2) is 5.78. The SMILES string of the molecule is CS(=O)(=O)c1cn[nH]c1[C@H]1COCCN1C(=O)c1cscn1. The van der Waals surface area contributed by atoms with Gasteiger partial charge in [-0.05, 0) is 0 Å². The molecule has 0 aliphatic carbocycles. The van der Waals surface area contributed by atoms with Gasteiger partial charge in [-0.2, -0.15) is 5.10 Å². The lowest BCUT2D eigenvalue weighted by molar-refractivity contribution is -0.00494.